The minimum absolute atomic E-state index is 0.0402. The van der Waals surface area contributed by atoms with Crippen molar-refractivity contribution in [2.45, 2.75) is 78.2 Å². The van der Waals surface area contributed by atoms with Gasteiger partial charge in [0.25, 0.3) is 0 Å². The molecule has 1 aliphatic carbocycles. The molecule has 3 atom stereocenters. The van der Waals surface area contributed by atoms with Crippen molar-refractivity contribution in [2.75, 3.05) is 6.54 Å². The third-order valence-corrected chi connectivity index (χ3v) is 4.04. The summed E-state index contributed by atoms with van der Waals surface area (Å²) in [6, 6.07) is 0.338. The molecule has 0 aliphatic heterocycles. The Labute approximate surface area is 122 Å². The fourth-order valence-corrected chi connectivity index (χ4v) is 2.31. The van der Waals surface area contributed by atoms with Gasteiger partial charge in [-0.05, 0) is 33.6 Å². The molecule has 0 radical (unpaired) electrons. The average molecular weight is 286 g/mol. The highest BCUT2D eigenvalue weighted by molar-refractivity contribution is 5.68. The molecule has 0 aromatic heterocycles. The molecule has 1 saturated carbocycles. The lowest BCUT2D eigenvalue weighted by molar-refractivity contribution is -0.0728. The van der Waals surface area contributed by atoms with E-state index in [1.807, 2.05) is 27.7 Å². The van der Waals surface area contributed by atoms with Crippen molar-refractivity contribution < 1.29 is 14.6 Å². The van der Waals surface area contributed by atoms with Gasteiger partial charge in [0.15, 0.2) is 0 Å². The first-order valence-corrected chi connectivity index (χ1v) is 7.47. The Morgan fingerprint density at radius 3 is 2.45 bits per heavy atom. The highest BCUT2D eigenvalue weighted by Crippen LogP contribution is 2.40. The summed E-state index contributed by atoms with van der Waals surface area (Å²) < 4.78 is 5.26. The minimum Gasteiger partial charge on any atom is -0.444 e. The number of hydrogen-bond donors (Lipinski definition) is 3. The highest BCUT2D eigenvalue weighted by Gasteiger charge is 2.46. The molecule has 0 spiro atoms. The number of rotatable bonds is 5. The van der Waals surface area contributed by atoms with Crippen molar-refractivity contribution in [1.29, 1.82) is 0 Å². The Kier molecular flexibility index (Phi) is 5.44. The summed E-state index contributed by atoms with van der Waals surface area (Å²) in [5.74, 6) is 0. The maximum absolute atomic E-state index is 11.7. The third kappa shape index (κ3) is 4.63. The van der Waals surface area contributed by atoms with E-state index in [1.165, 1.54) is 0 Å². The number of nitrogens with one attached hydrogen (secondary N) is 2. The van der Waals surface area contributed by atoms with Crippen LogP contribution in [0.5, 0.6) is 0 Å². The van der Waals surface area contributed by atoms with Gasteiger partial charge >= 0.3 is 6.09 Å². The Hall–Kier alpha value is -0.810. The van der Waals surface area contributed by atoms with Crippen LogP contribution in [0.15, 0.2) is 0 Å². The molecule has 0 aromatic carbocycles. The van der Waals surface area contributed by atoms with Gasteiger partial charge in [0, 0.05) is 24.0 Å². The van der Waals surface area contributed by atoms with Crippen LogP contribution in [0.1, 0.15) is 54.4 Å². The zero-order valence-electron chi connectivity index (χ0n) is 13.6. The number of hydrogen-bond acceptors (Lipinski definition) is 4. The lowest BCUT2D eigenvalue weighted by atomic mass is 9.64. The zero-order chi connectivity index (χ0) is 15.6. The molecule has 0 bridgehead atoms. The number of carbonyl (C=O) groups is 1. The van der Waals surface area contributed by atoms with Gasteiger partial charge in [0.2, 0.25) is 0 Å². The van der Waals surface area contributed by atoms with Crippen molar-refractivity contribution in [3.05, 3.63) is 0 Å². The predicted molar refractivity (Wildman–Crippen MR) is 79.6 cm³/mol. The smallest absolute Gasteiger partial charge is 0.407 e. The van der Waals surface area contributed by atoms with Gasteiger partial charge in [-0.25, -0.2) is 4.79 Å². The maximum atomic E-state index is 11.7. The van der Waals surface area contributed by atoms with Crippen LogP contribution in [0, 0.1) is 5.41 Å². The molecule has 5 nitrogen and oxygen atoms in total. The summed E-state index contributed by atoms with van der Waals surface area (Å²) in [5, 5.41) is 16.0. The normalized spacial score (nSPS) is 26.6. The van der Waals surface area contributed by atoms with E-state index in [0.29, 0.717) is 12.6 Å². The number of aliphatic hydroxyl groups excluding tert-OH is 1. The molecular weight excluding hydrogens is 256 g/mol. The summed E-state index contributed by atoms with van der Waals surface area (Å²) >= 11 is 0. The van der Waals surface area contributed by atoms with Gasteiger partial charge < -0.3 is 20.5 Å². The van der Waals surface area contributed by atoms with E-state index in [9.17, 15) is 9.90 Å². The Morgan fingerprint density at radius 1 is 1.45 bits per heavy atom. The maximum Gasteiger partial charge on any atom is 0.407 e. The summed E-state index contributed by atoms with van der Waals surface area (Å²) in [4.78, 5) is 11.7. The number of amides is 1. The van der Waals surface area contributed by atoms with Crippen LogP contribution in [0.2, 0.25) is 0 Å². The molecule has 1 aliphatic rings. The van der Waals surface area contributed by atoms with E-state index in [0.717, 1.165) is 12.8 Å². The van der Waals surface area contributed by atoms with Crippen molar-refractivity contribution in [3.8, 4) is 0 Å². The summed E-state index contributed by atoms with van der Waals surface area (Å²) in [7, 11) is 0. The van der Waals surface area contributed by atoms with Crippen molar-refractivity contribution in [2.24, 2.45) is 5.41 Å². The predicted octanol–water partition coefficient (Wildman–Crippen LogP) is 2.04. The average Bonchev–Trinajstić information content (AvgIpc) is 2.30. The lowest BCUT2D eigenvalue weighted by Crippen LogP contribution is -2.61. The summed E-state index contributed by atoms with van der Waals surface area (Å²) in [6.07, 6.45) is 0.996. The molecule has 20 heavy (non-hydrogen) atoms. The standard InChI is InChI=1S/C15H30N2O3/c1-7-10(17-13(19)20-14(2,3)4)9-16-11-8-12(18)15(11,5)6/h10-12,16,18H,7-9H2,1-6H3,(H,17,19). The number of carbonyl (C=O) groups excluding carboxylic acids is 1. The van der Waals surface area contributed by atoms with E-state index >= 15 is 0 Å². The lowest BCUT2D eigenvalue weighted by Gasteiger charge is -2.50. The molecule has 5 heteroatoms. The van der Waals surface area contributed by atoms with Crippen LogP contribution in [0.4, 0.5) is 4.79 Å². The molecule has 1 amide bonds. The number of alkyl carbamates (subject to hydrolysis) is 1. The molecule has 118 valence electrons. The van der Waals surface area contributed by atoms with Gasteiger partial charge in [-0.3, -0.25) is 0 Å². The molecule has 3 unspecified atom stereocenters. The molecule has 3 N–H and O–H groups in total. The van der Waals surface area contributed by atoms with E-state index < -0.39 is 5.60 Å². The molecule has 0 aromatic rings. The van der Waals surface area contributed by atoms with Crippen molar-refractivity contribution in [3.63, 3.8) is 0 Å². The number of ether oxygens (including phenoxy) is 1. The second-order valence-corrected chi connectivity index (χ2v) is 7.29. The van der Waals surface area contributed by atoms with E-state index in [2.05, 4.69) is 24.5 Å². The quantitative estimate of drug-likeness (QED) is 0.723. The largest absolute Gasteiger partial charge is 0.444 e. The Bertz CT molecular complexity index is 337. The first-order chi connectivity index (χ1) is 9.06. The van der Waals surface area contributed by atoms with Crippen molar-refractivity contribution in [1.82, 2.24) is 10.6 Å². The summed E-state index contributed by atoms with van der Waals surface area (Å²) in [6.45, 7) is 12.4. The molecular formula is C15H30N2O3. The second kappa shape index (κ2) is 6.31. The van der Waals surface area contributed by atoms with E-state index in [-0.39, 0.29) is 23.7 Å². The van der Waals surface area contributed by atoms with Gasteiger partial charge in [0.1, 0.15) is 5.60 Å². The monoisotopic (exact) mass is 286 g/mol. The Morgan fingerprint density at radius 2 is 2.05 bits per heavy atom. The van der Waals surface area contributed by atoms with Crippen LogP contribution in [-0.4, -0.2) is 41.5 Å². The van der Waals surface area contributed by atoms with E-state index in [1.54, 1.807) is 0 Å². The molecule has 0 heterocycles. The van der Waals surface area contributed by atoms with Crippen LogP contribution < -0.4 is 10.6 Å². The minimum atomic E-state index is -0.476. The number of aliphatic hydroxyl groups is 1. The van der Waals surface area contributed by atoms with Crippen molar-refractivity contribution >= 4 is 6.09 Å². The second-order valence-electron chi connectivity index (χ2n) is 7.29. The fraction of sp³-hybridized carbons (Fsp3) is 0.933. The van der Waals surface area contributed by atoms with Gasteiger partial charge in [-0.2, -0.15) is 0 Å². The van der Waals surface area contributed by atoms with Gasteiger partial charge in [-0.15, -0.1) is 0 Å². The molecule has 1 fully saturated rings. The summed E-state index contributed by atoms with van der Waals surface area (Å²) in [5.41, 5.74) is -0.569. The topological polar surface area (TPSA) is 70.6 Å². The first-order valence-electron chi connectivity index (χ1n) is 7.47. The van der Waals surface area contributed by atoms with Crippen LogP contribution in [0.3, 0.4) is 0 Å². The van der Waals surface area contributed by atoms with Crippen LogP contribution in [-0.2, 0) is 4.74 Å². The SMILES string of the molecule is CCC(CNC1CC(O)C1(C)C)NC(=O)OC(C)(C)C. The highest BCUT2D eigenvalue weighted by atomic mass is 16.6. The van der Waals surface area contributed by atoms with Gasteiger partial charge in [0.05, 0.1) is 6.10 Å². The molecule has 0 saturated heterocycles. The molecule has 1 rings (SSSR count). The van der Waals surface area contributed by atoms with Crippen LogP contribution in [0.25, 0.3) is 0 Å². The third-order valence-electron chi connectivity index (χ3n) is 4.04. The fourth-order valence-electron chi connectivity index (χ4n) is 2.31. The Balaban J connectivity index is 2.35. The first kappa shape index (κ1) is 17.2. The van der Waals surface area contributed by atoms with Crippen LogP contribution >= 0.6 is 0 Å². The van der Waals surface area contributed by atoms with E-state index in [4.69, 9.17) is 4.74 Å². The van der Waals surface area contributed by atoms with Gasteiger partial charge in [-0.1, -0.05) is 20.8 Å². The zero-order valence-corrected chi connectivity index (χ0v) is 13.6.